The predicted octanol–water partition coefficient (Wildman–Crippen LogP) is -0.387. The van der Waals surface area contributed by atoms with Crippen LogP contribution in [0.2, 0.25) is 0 Å². The highest BCUT2D eigenvalue weighted by atomic mass is 16.3. The summed E-state index contributed by atoms with van der Waals surface area (Å²) in [5, 5.41) is 9.32. The van der Waals surface area contributed by atoms with Crippen molar-refractivity contribution in [1.82, 2.24) is 9.80 Å². The van der Waals surface area contributed by atoms with Gasteiger partial charge in [-0.1, -0.05) is 0 Å². The number of rotatable bonds is 2. The smallest absolute Gasteiger partial charge is 0.0682 e. The number of likely N-dealkylation sites (tertiary alicyclic amines) is 1. The van der Waals surface area contributed by atoms with Gasteiger partial charge in [-0.15, -0.1) is 0 Å². The van der Waals surface area contributed by atoms with E-state index >= 15 is 0 Å². The van der Waals surface area contributed by atoms with Gasteiger partial charge in [-0.3, -0.25) is 4.90 Å². The maximum Gasteiger partial charge on any atom is 0.0682 e. The van der Waals surface area contributed by atoms with Gasteiger partial charge in [-0.25, -0.2) is 0 Å². The van der Waals surface area contributed by atoms with E-state index in [-0.39, 0.29) is 6.10 Å². The number of likely N-dealkylation sites (N-methyl/N-ethyl adjacent to an activating group) is 2. The molecule has 1 saturated heterocycles. The third-order valence-corrected chi connectivity index (χ3v) is 2.24. The minimum atomic E-state index is -0.107. The van der Waals surface area contributed by atoms with Crippen molar-refractivity contribution in [3.8, 4) is 0 Å². The standard InChI is InChI=1S/C8H18N2O/c1-9(2)5-7-4-8(11)6-10(7)3/h7-8,11H,4-6H2,1-3H3. The number of hydrogen-bond acceptors (Lipinski definition) is 3. The van der Waals surface area contributed by atoms with Crippen molar-refractivity contribution in [1.29, 1.82) is 0 Å². The van der Waals surface area contributed by atoms with Crippen molar-refractivity contribution in [2.75, 3.05) is 34.2 Å². The molecule has 0 aromatic carbocycles. The lowest BCUT2D eigenvalue weighted by molar-refractivity contribution is 0.182. The molecule has 2 atom stereocenters. The van der Waals surface area contributed by atoms with Gasteiger partial charge >= 0.3 is 0 Å². The molecule has 3 nitrogen and oxygen atoms in total. The van der Waals surface area contributed by atoms with Crippen LogP contribution in [0.5, 0.6) is 0 Å². The van der Waals surface area contributed by atoms with Crippen LogP contribution < -0.4 is 0 Å². The molecular formula is C8H18N2O. The molecule has 0 bridgehead atoms. The van der Waals surface area contributed by atoms with E-state index in [1.54, 1.807) is 0 Å². The third kappa shape index (κ3) is 2.43. The molecule has 0 radical (unpaired) electrons. The summed E-state index contributed by atoms with van der Waals surface area (Å²) in [5.74, 6) is 0. The molecule has 66 valence electrons. The zero-order valence-electron chi connectivity index (χ0n) is 7.62. The van der Waals surface area contributed by atoms with E-state index in [9.17, 15) is 5.11 Å². The number of aliphatic hydroxyl groups excluding tert-OH is 1. The zero-order chi connectivity index (χ0) is 8.43. The molecule has 1 rings (SSSR count). The zero-order valence-corrected chi connectivity index (χ0v) is 7.62. The van der Waals surface area contributed by atoms with Crippen LogP contribution >= 0.6 is 0 Å². The van der Waals surface area contributed by atoms with Crippen molar-refractivity contribution in [3.05, 3.63) is 0 Å². The SMILES string of the molecule is CN(C)CC1CC(O)CN1C. The number of nitrogens with zero attached hydrogens (tertiary/aromatic N) is 2. The first-order valence-electron chi connectivity index (χ1n) is 4.12. The second kappa shape index (κ2) is 3.52. The summed E-state index contributed by atoms with van der Waals surface area (Å²) in [4.78, 5) is 4.39. The van der Waals surface area contributed by atoms with Crippen LogP contribution in [0.15, 0.2) is 0 Å². The van der Waals surface area contributed by atoms with E-state index in [1.165, 1.54) is 0 Å². The number of aliphatic hydroxyl groups is 1. The van der Waals surface area contributed by atoms with Gasteiger partial charge in [0, 0.05) is 19.1 Å². The molecule has 0 aromatic heterocycles. The Balaban J connectivity index is 2.34. The highest BCUT2D eigenvalue weighted by Crippen LogP contribution is 2.15. The van der Waals surface area contributed by atoms with Crippen LogP contribution in [0.1, 0.15) is 6.42 Å². The lowest BCUT2D eigenvalue weighted by Gasteiger charge is -2.22. The summed E-state index contributed by atoms with van der Waals surface area (Å²) in [6, 6.07) is 0.542. The number of hydrogen-bond donors (Lipinski definition) is 1. The van der Waals surface area contributed by atoms with Crippen molar-refractivity contribution < 1.29 is 5.11 Å². The quantitative estimate of drug-likeness (QED) is 0.593. The Hall–Kier alpha value is -0.120. The Labute approximate surface area is 68.6 Å². The Bertz CT molecular complexity index is 127. The molecular weight excluding hydrogens is 140 g/mol. The van der Waals surface area contributed by atoms with E-state index < -0.39 is 0 Å². The Morgan fingerprint density at radius 1 is 1.55 bits per heavy atom. The second-order valence-electron chi connectivity index (χ2n) is 3.75. The van der Waals surface area contributed by atoms with E-state index in [1.807, 2.05) is 0 Å². The molecule has 1 N–H and O–H groups in total. The minimum Gasteiger partial charge on any atom is -0.392 e. The molecule has 11 heavy (non-hydrogen) atoms. The van der Waals surface area contributed by atoms with Gasteiger partial charge in [0.2, 0.25) is 0 Å². The first-order valence-corrected chi connectivity index (χ1v) is 4.12. The van der Waals surface area contributed by atoms with Gasteiger partial charge < -0.3 is 10.0 Å². The fourth-order valence-corrected chi connectivity index (χ4v) is 1.69. The maximum atomic E-state index is 9.32. The van der Waals surface area contributed by atoms with Crippen LogP contribution in [-0.4, -0.2) is 61.3 Å². The average molecular weight is 158 g/mol. The maximum absolute atomic E-state index is 9.32. The van der Waals surface area contributed by atoms with Crippen molar-refractivity contribution in [3.63, 3.8) is 0 Å². The largest absolute Gasteiger partial charge is 0.392 e. The molecule has 1 fully saturated rings. The van der Waals surface area contributed by atoms with Gasteiger partial charge in [-0.05, 0) is 27.6 Å². The van der Waals surface area contributed by atoms with Gasteiger partial charge in [0.05, 0.1) is 6.10 Å². The summed E-state index contributed by atoms with van der Waals surface area (Å²) < 4.78 is 0. The van der Waals surface area contributed by atoms with Crippen LogP contribution in [0, 0.1) is 0 Å². The van der Waals surface area contributed by atoms with Crippen LogP contribution in [0.25, 0.3) is 0 Å². The number of β-amino-alcohol motifs (C(OH)–C–C–N with tert-alkyl or cyclic N) is 1. The molecule has 0 aliphatic carbocycles. The highest BCUT2D eigenvalue weighted by molar-refractivity contribution is 4.83. The minimum absolute atomic E-state index is 0.107. The Morgan fingerprint density at radius 2 is 2.18 bits per heavy atom. The summed E-state index contributed by atoms with van der Waals surface area (Å²) >= 11 is 0. The topological polar surface area (TPSA) is 26.7 Å². The first-order chi connectivity index (χ1) is 5.09. The molecule has 0 spiro atoms. The lowest BCUT2D eigenvalue weighted by Crippen LogP contribution is -2.34. The van der Waals surface area contributed by atoms with E-state index in [0.717, 1.165) is 19.5 Å². The molecule has 2 unspecified atom stereocenters. The van der Waals surface area contributed by atoms with E-state index in [2.05, 4.69) is 30.9 Å². The van der Waals surface area contributed by atoms with Crippen molar-refractivity contribution >= 4 is 0 Å². The molecule has 3 heteroatoms. The summed E-state index contributed by atoms with van der Waals surface area (Å²) in [6.45, 7) is 1.88. The normalized spacial score (nSPS) is 33.5. The van der Waals surface area contributed by atoms with Crippen LogP contribution in [0.4, 0.5) is 0 Å². The predicted molar refractivity (Wildman–Crippen MR) is 45.6 cm³/mol. The summed E-state index contributed by atoms with van der Waals surface area (Å²) in [5.41, 5.74) is 0. The summed E-state index contributed by atoms with van der Waals surface area (Å²) in [6.07, 6.45) is 0.819. The van der Waals surface area contributed by atoms with Crippen LogP contribution in [0.3, 0.4) is 0 Å². The molecule has 1 aliphatic heterocycles. The Kier molecular flexibility index (Phi) is 2.87. The molecule has 0 saturated carbocycles. The molecule has 1 aliphatic rings. The van der Waals surface area contributed by atoms with Gasteiger partial charge in [0.15, 0.2) is 0 Å². The highest BCUT2D eigenvalue weighted by Gasteiger charge is 2.27. The fraction of sp³-hybridized carbons (Fsp3) is 1.00. The Morgan fingerprint density at radius 3 is 2.55 bits per heavy atom. The van der Waals surface area contributed by atoms with Gasteiger partial charge in [-0.2, -0.15) is 0 Å². The van der Waals surface area contributed by atoms with E-state index in [4.69, 9.17) is 0 Å². The lowest BCUT2D eigenvalue weighted by atomic mass is 10.2. The molecule has 0 aromatic rings. The average Bonchev–Trinajstić information content (AvgIpc) is 2.09. The summed E-state index contributed by atoms with van der Waals surface area (Å²) in [7, 11) is 6.21. The van der Waals surface area contributed by atoms with Crippen molar-refractivity contribution in [2.24, 2.45) is 0 Å². The van der Waals surface area contributed by atoms with E-state index in [0.29, 0.717) is 6.04 Å². The fourth-order valence-electron chi connectivity index (χ4n) is 1.69. The molecule has 1 heterocycles. The first kappa shape index (κ1) is 8.97. The van der Waals surface area contributed by atoms with Crippen LogP contribution in [-0.2, 0) is 0 Å². The van der Waals surface area contributed by atoms with Gasteiger partial charge in [0.25, 0.3) is 0 Å². The monoisotopic (exact) mass is 158 g/mol. The second-order valence-corrected chi connectivity index (χ2v) is 3.75. The molecule has 0 amide bonds. The third-order valence-electron chi connectivity index (χ3n) is 2.24. The van der Waals surface area contributed by atoms with Gasteiger partial charge in [0.1, 0.15) is 0 Å². The van der Waals surface area contributed by atoms with Crippen molar-refractivity contribution in [2.45, 2.75) is 18.6 Å².